The zero-order valence-corrected chi connectivity index (χ0v) is 12.5. The first-order chi connectivity index (χ1) is 9.40. The third-order valence-corrected chi connectivity index (χ3v) is 3.22. The lowest BCUT2D eigenvalue weighted by molar-refractivity contribution is -0.159. The van der Waals surface area contributed by atoms with E-state index < -0.39 is 12.1 Å². The minimum atomic E-state index is -1.02. The number of carboxylic acids is 1. The molecule has 0 radical (unpaired) electrons. The summed E-state index contributed by atoms with van der Waals surface area (Å²) in [4.78, 5) is 24.3. The fourth-order valence-corrected chi connectivity index (χ4v) is 2.26. The smallest absolute Gasteiger partial charge is 0.334 e. The quantitative estimate of drug-likeness (QED) is 0.760. The lowest BCUT2D eigenvalue weighted by Crippen LogP contribution is -2.48. The number of hydrogen-bond acceptors (Lipinski definition) is 4. The van der Waals surface area contributed by atoms with E-state index in [9.17, 15) is 9.59 Å². The second kappa shape index (κ2) is 8.21. The monoisotopic (exact) mass is 287 g/mol. The van der Waals surface area contributed by atoms with Crippen LogP contribution in [-0.2, 0) is 19.1 Å². The number of nitrogens with zero attached hydrogens (tertiary/aromatic N) is 1. The largest absolute Gasteiger partial charge is 0.479 e. The number of ether oxygens (including phenoxy) is 2. The molecule has 0 aliphatic carbocycles. The van der Waals surface area contributed by atoms with E-state index in [-0.39, 0.29) is 31.6 Å². The van der Waals surface area contributed by atoms with Crippen molar-refractivity contribution in [2.45, 2.75) is 45.8 Å². The van der Waals surface area contributed by atoms with Gasteiger partial charge in [-0.25, -0.2) is 4.79 Å². The van der Waals surface area contributed by atoms with Gasteiger partial charge in [0.2, 0.25) is 5.91 Å². The van der Waals surface area contributed by atoms with Gasteiger partial charge in [0.15, 0.2) is 6.10 Å². The lowest BCUT2D eigenvalue weighted by Gasteiger charge is -2.31. The van der Waals surface area contributed by atoms with Crippen LogP contribution in [0.5, 0.6) is 0 Å². The van der Waals surface area contributed by atoms with E-state index in [1.165, 1.54) is 0 Å². The predicted molar refractivity (Wildman–Crippen MR) is 73.4 cm³/mol. The Kier molecular flexibility index (Phi) is 6.95. The number of carbonyl (C=O) groups is 2. The molecule has 1 amide bonds. The van der Waals surface area contributed by atoms with Gasteiger partial charge in [-0.3, -0.25) is 4.79 Å². The van der Waals surface area contributed by atoms with Crippen molar-refractivity contribution in [2.24, 2.45) is 5.92 Å². The molecule has 0 aromatic heterocycles. The second-order valence-corrected chi connectivity index (χ2v) is 5.60. The normalized spacial score (nSPS) is 21.0. The molecule has 6 heteroatoms. The summed E-state index contributed by atoms with van der Waals surface area (Å²) in [6.07, 6.45) is 0.481. The molecule has 1 N–H and O–H groups in total. The number of morpholine rings is 1. The Morgan fingerprint density at radius 1 is 1.40 bits per heavy atom. The Balaban J connectivity index is 2.27. The molecule has 0 bridgehead atoms. The van der Waals surface area contributed by atoms with Crippen LogP contribution in [0, 0.1) is 5.92 Å². The predicted octanol–water partition coefficient (Wildman–Crippen LogP) is 1.14. The van der Waals surface area contributed by atoms with Gasteiger partial charge in [-0.1, -0.05) is 13.8 Å². The van der Waals surface area contributed by atoms with Crippen LogP contribution in [0.25, 0.3) is 0 Å². The molecule has 2 unspecified atom stereocenters. The Morgan fingerprint density at radius 3 is 2.70 bits per heavy atom. The maximum atomic E-state index is 12.0. The third-order valence-electron chi connectivity index (χ3n) is 3.22. The summed E-state index contributed by atoms with van der Waals surface area (Å²) in [5.41, 5.74) is 0. The summed E-state index contributed by atoms with van der Waals surface area (Å²) in [5, 5.41) is 8.88. The van der Waals surface area contributed by atoms with Gasteiger partial charge < -0.3 is 19.5 Å². The maximum Gasteiger partial charge on any atom is 0.334 e. The Hall–Kier alpha value is -1.14. The van der Waals surface area contributed by atoms with Gasteiger partial charge in [-0.05, 0) is 19.3 Å². The Bertz CT molecular complexity index is 332. The molecule has 6 nitrogen and oxygen atoms in total. The molecule has 0 saturated carbocycles. The van der Waals surface area contributed by atoms with Gasteiger partial charge >= 0.3 is 5.97 Å². The number of carboxylic acid groups (broad SMARTS) is 1. The molecule has 1 aliphatic heterocycles. The summed E-state index contributed by atoms with van der Waals surface area (Å²) >= 11 is 0. The van der Waals surface area contributed by atoms with Crippen molar-refractivity contribution in [1.29, 1.82) is 0 Å². The van der Waals surface area contributed by atoms with Gasteiger partial charge in [-0.15, -0.1) is 0 Å². The Labute approximate surface area is 120 Å². The first-order valence-corrected chi connectivity index (χ1v) is 7.14. The van der Waals surface area contributed by atoms with Crippen LogP contribution in [0.3, 0.4) is 0 Å². The fraction of sp³-hybridized carbons (Fsp3) is 0.857. The highest BCUT2D eigenvalue weighted by molar-refractivity contribution is 5.78. The van der Waals surface area contributed by atoms with Gasteiger partial charge in [0, 0.05) is 6.54 Å². The molecule has 1 fully saturated rings. The highest BCUT2D eigenvalue weighted by Crippen LogP contribution is 2.10. The van der Waals surface area contributed by atoms with Gasteiger partial charge in [0.05, 0.1) is 32.3 Å². The highest BCUT2D eigenvalue weighted by Gasteiger charge is 2.28. The Morgan fingerprint density at radius 2 is 2.10 bits per heavy atom. The SMILES string of the molecule is CC(C)CC(C)OCCC(=O)N1CCOC(C(=O)O)C1. The van der Waals surface area contributed by atoms with Crippen LogP contribution in [0.2, 0.25) is 0 Å². The summed E-state index contributed by atoms with van der Waals surface area (Å²) in [6, 6.07) is 0. The minimum Gasteiger partial charge on any atom is -0.479 e. The number of aliphatic carboxylic acids is 1. The van der Waals surface area contributed by atoms with Gasteiger partial charge in [-0.2, -0.15) is 0 Å². The van der Waals surface area contributed by atoms with Crippen molar-refractivity contribution in [2.75, 3.05) is 26.3 Å². The standard InChI is InChI=1S/C14H25NO5/c1-10(2)8-11(3)19-6-4-13(16)15-5-7-20-12(9-15)14(17)18/h10-12H,4-9H2,1-3H3,(H,17,18). The summed E-state index contributed by atoms with van der Waals surface area (Å²) in [6.45, 7) is 7.48. The number of rotatable bonds is 7. The van der Waals surface area contributed by atoms with Crippen LogP contribution < -0.4 is 0 Å². The van der Waals surface area contributed by atoms with E-state index in [0.717, 1.165) is 6.42 Å². The zero-order valence-electron chi connectivity index (χ0n) is 12.5. The first-order valence-electron chi connectivity index (χ1n) is 7.14. The fourth-order valence-electron chi connectivity index (χ4n) is 2.26. The van der Waals surface area contributed by atoms with Crippen molar-refractivity contribution < 1.29 is 24.2 Å². The average Bonchev–Trinajstić information content (AvgIpc) is 2.37. The molecule has 1 heterocycles. The van der Waals surface area contributed by atoms with Crippen LogP contribution in [0.1, 0.15) is 33.6 Å². The molecule has 0 aromatic rings. The molecule has 0 aromatic carbocycles. The maximum absolute atomic E-state index is 12.0. The summed E-state index contributed by atoms with van der Waals surface area (Å²) < 4.78 is 10.7. The van der Waals surface area contributed by atoms with Crippen LogP contribution in [0.4, 0.5) is 0 Å². The van der Waals surface area contributed by atoms with Crippen molar-refractivity contribution in [3.05, 3.63) is 0 Å². The van der Waals surface area contributed by atoms with E-state index in [1.54, 1.807) is 4.90 Å². The lowest BCUT2D eigenvalue weighted by atomic mass is 10.1. The first kappa shape index (κ1) is 16.9. The van der Waals surface area contributed by atoms with E-state index in [1.807, 2.05) is 6.92 Å². The molecule has 0 spiro atoms. The summed E-state index contributed by atoms with van der Waals surface area (Å²) in [5.74, 6) is -0.531. The van der Waals surface area contributed by atoms with E-state index >= 15 is 0 Å². The number of amides is 1. The highest BCUT2D eigenvalue weighted by atomic mass is 16.5. The van der Waals surface area contributed by atoms with E-state index in [4.69, 9.17) is 14.6 Å². The van der Waals surface area contributed by atoms with E-state index in [0.29, 0.717) is 19.1 Å². The molecule has 20 heavy (non-hydrogen) atoms. The molecule has 1 rings (SSSR count). The van der Waals surface area contributed by atoms with Gasteiger partial charge in [0.25, 0.3) is 0 Å². The molecule has 116 valence electrons. The average molecular weight is 287 g/mol. The topological polar surface area (TPSA) is 76.1 Å². The van der Waals surface area contributed by atoms with Crippen LogP contribution in [-0.4, -0.2) is 60.4 Å². The van der Waals surface area contributed by atoms with Crippen molar-refractivity contribution >= 4 is 11.9 Å². The number of hydrogen-bond donors (Lipinski definition) is 1. The minimum absolute atomic E-state index is 0.0729. The van der Waals surface area contributed by atoms with Crippen LogP contribution in [0.15, 0.2) is 0 Å². The third kappa shape index (κ3) is 5.88. The zero-order chi connectivity index (χ0) is 15.1. The molecule has 1 saturated heterocycles. The van der Waals surface area contributed by atoms with E-state index in [2.05, 4.69) is 13.8 Å². The molecular formula is C14H25NO5. The molecule has 2 atom stereocenters. The van der Waals surface area contributed by atoms with Crippen molar-refractivity contribution in [3.63, 3.8) is 0 Å². The second-order valence-electron chi connectivity index (χ2n) is 5.60. The molecule has 1 aliphatic rings. The van der Waals surface area contributed by atoms with Crippen molar-refractivity contribution in [1.82, 2.24) is 4.90 Å². The summed E-state index contributed by atoms with van der Waals surface area (Å²) in [7, 11) is 0. The number of carbonyl (C=O) groups excluding carboxylic acids is 1. The van der Waals surface area contributed by atoms with Crippen LogP contribution >= 0.6 is 0 Å². The van der Waals surface area contributed by atoms with Crippen molar-refractivity contribution in [3.8, 4) is 0 Å². The van der Waals surface area contributed by atoms with Gasteiger partial charge in [0.1, 0.15) is 0 Å². The molecular weight excluding hydrogens is 262 g/mol.